The van der Waals surface area contributed by atoms with Crippen LogP contribution in [-0.2, 0) is 13.1 Å². The summed E-state index contributed by atoms with van der Waals surface area (Å²) in [5, 5.41) is 7.80. The Hall–Kier alpha value is -1.39. The van der Waals surface area contributed by atoms with Gasteiger partial charge in [-0.2, -0.15) is 11.3 Å². The van der Waals surface area contributed by atoms with Crippen LogP contribution in [0, 0.1) is 6.92 Å². The SMILES string of the molecule is CCNCc1cc(C)nc(N(Cc2ccsc2)C2CC2)c1. The molecule has 4 heteroatoms. The molecule has 2 aromatic heterocycles. The topological polar surface area (TPSA) is 28.2 Å². The normalized spacial score (nSPS) is 14.4. The molecule has 0 radical (unpaired) electrons. The monoisotopic (exact) mass is 301 g/mol. The molecular formula is C17H23N3S. The fraction of sp³-hybridized carbons (Fsp3) is 0.471. The van der Waals surface area contributed by atoms with Gasteiger partial charge in [-0.3, -0.25) is 0 Å². The lowest BCUT2D eigenvalue weighted by molar-refractivity contribution is 0.720. The van der Waals surface area contributed by atoms with Crippen LogP contribution in [0.5, 0.6) is 0 Å². The molecule has 0 aromatic carbocycles. The van der Waals surface area contributed by atoms with Crippen LogP contribution in [0.15, 0.2) is 29.0 Å². The predicted molar refractivity (Wildman–Crippen MR) is 89.9 cm³/mol. The van der Waals surface area contributed by atoms with Gasteiger partial charge in [-0.25, -0.2) is 4.98 Å². The molecule has 0 unspecified atom stereocenters. The van der Waals surface area contributed by atoms with E-state index in [1.807, 2.05) is 0 Å². The van der Waals surface area contributed by atoms with E-state index in [0.29, 0.717) is 6.04 Å². The molecule has 3 nitrogen and oxygen atoms in total. The van der Waals surface area contributed by atoms with Crippen LogP contribution in [0.1, 0.15) is 36.6 Å². The Balaban J connectivity index is 1.82. The lowest BCUT2D eigenvalue weighted by Crippen LogP contribution is -2.26. The molecule has 1 fully saturated rings. The molecule has 0 bridgehead atoms. The zero-order valence-electron chi connectivity index (χ0n) is 12.8. The summed E-state index contributed by atoms with van der Waals surface area (Å²) >= 11 is 1.77. The van der Waals surface area contributed by atoms with Gasteiger partial charge in [0, 0.05) is 24.8 Å². The standard InChI is InChI=1S/C17H23N3S/c1-3-18-10-15-8-13(2)19-17(9-15)20(16-4-5-16)11-14-6-7-21-12-14/h6-9,12,16,18H,3-5,10-11H2,1-2H3. The van der Waals surface area contributed by atoms with Crippen molar-refractivity contribution in [2.45, 2.75) is 45.8 Å². The van der Waals surface area contributed by atoms with Crippen LogP contribution in [-0.4, -0.2) is 17.6 Å². The van der Waals surface area contributed by atoms with Crippen molar-refractivity contribution in [1.82, 2.24) is 10.3 Å². The van der Waals surface area contributed by atoms with E-state index in [9.17, 15) is 0 Å². The minimum absolute atomic E-state index is 0.672. The van der Waals surface area contributed by atoms with Gasteiger partial charge in [0.15, 0.2) is 0 Å². The molecule has 0 spiro atoms. The Morgan fingerprint density at radius 1 is 1.33 bits per heavy atom. The Labute approximate surface area is 131 Å². The van der Waals surface area contributed by atoms with Gasteiger partial charge < -0.3 is 10.2 Å². The van der Waals surface area contributed by atoms with E-state index >= 15 is 0 Å². The van der Waals surface area contributed by atoms with Crippen LogP contribution in [0.4, 0.5) is 5.82 Å². The van der Waals surface area contributed by atoms with Gasteiger partial charge in [-0.1, -0.05) is 6.92 Å². The summed E-state index contributed by atoms with van der Waals surface area (Å²) in [5.41, 5.74) is 3.83. The first-order valence-electron chi connectivity index (χ1n) is 7.72. The molecule has 0 aliphatic heterocycles. The Morgan fingerprint density at radius 3 is 2.86 bits per heavy atom. The van der Waals surface area contributed by atoms with Crippen LogP contribution < -0.4 is 10.2 Å². The average Bonchev–Trinajstić information content (AvgIpc) is 3.18. The second kappa shape index (κ2) is 6.58. The summed E-state index contributed by atoms with van der Waals surface area (Å²) in [7, 11) is 0. The maximum Gasteiger partial charge on any atom is 0.129 e. The van der Waals surface area contributed by atoms with Crippen molar-refractivity contribution in [2.75, 3.05) is 11.4 Å². The largest absolute Gasteiger partial charge is 0.349 e. The molecule has 3 rings (SSSR count). The average molecular weight is 301 g/mol. The van der Waals surface area contributed by atoms with Crippen molar-refractivity contribution < 1.29 is 0 Å². The zero-order chi connectivity index (χ0) is 14.7. The molecular weight excluding hydrogens is 278 g/mol. The molecule has 112 valence electrons. The number of thiophene rings is 1. The molecule has 2 aromatic rings. The molecule has 1 aliphatic rings. The minimum Gasteiger partial charge on any atom is -0.349 e. The van der Waals surface area contributed by atoms with E-state index in [4.69, 9.17) is 4.98 Å². The molecule has 0 amide bonds. The molecule has 2 heterocycles. The minimum atomic E-state index is 0.672. The number of aromatic nitrogens is 1. The van der Waals surface area contributed by atoms with E-state index < -0.39 is 0 Å². The first-order valence-corrected chi connectivity index (χ1v) is 8.66. The van der Waals surface area contributed by atoms with E-state index in [0.717, 1.165) is 31.1 Å². The van der Waals surface area contributed by atoms with Gasteiger partial charge in [-0.05, 0) is 66.4 Å². The van der Waals surface area contributed by atoms with Crippen molar-refractivity contribution in [2.24, 2.45) is 0 Å². The highest BCUT2D eigenvalue weighted by Crippen LogP contribution is 2.33. The Kier molecular flexibility index (Phi) is 4.56. The lowest BCUT2D eigenvalue weighted by Gasteiger charge is -2.24. The number of aryl methyl sites for hydroxylation is 1. The summed E-state index contributed by atoms with van der Waals surface area (Å²) in [4.78, 5) is 7.26. The predicted octanol–water partition coefficient (Wildman–Crippen LogP) is 3.73. The van der Waals surface area contributed by atoms with Crippen LogP contribution >= 0.6 is 11.3 Å². The number of pyridine rings is 1. The molecule has 1 aliphatic carbocycles. The molecule has 1 N–H and O–H groups in total. The summed E-state index contributed by atoms with van der Waals surface area (Å²) in [6.45, 7) is 7.13. The number of hydrogen-bond donors (Lipinski definition) is 1. The number of rotatable bonds is 7. The number of anilines is 1. The fourth-order valence-corrected chi connectivity index (χ4v) is 3.26. The van der Waals surface area contributed by atoms with Gasteiger partial charge in [0.05, 0.1) is 0 Å². The van der Waals surface area contributed by atoms with Gasteiger partial charge in [0.25, 0.3) is 0 Å². The van der Waals surface area contributed by atoms with Crippen LogP contribution in [0.25, 0.3) is 0 Å². The third-order valence-electron chi connectivity index (χ3n) is 3.79. The van der Waals surface area contributed by atoms with Crippen molar-refractivity contribution >= 4 is 17.2 Å². The molecule has 0 saturated heterocycles. The second-order valence-corrected chi connectivity index (χ2v) is 6.53. The second-order valence-electron chi connectivity index (χ2n) is 5.75. The van der Waals surface area contributed by atoms with Gasteiger partial charge in [0.1, 0.15) is 5.82 Å². The van der Waals surface area contributed by atoms with Crippen molar-refractivity contribution in [1.29, 1.82) is 0 Å². The number of nitrogens with one attached hydrogen (secondary N) is 1. The quantitative estimate of drug-likeness (QED) is 0.844. The van der Waals surface area contributed by atoms with E-state index in [1.165, 1.54) is 24.0 Å². The molecule has 1 saturated carbocycles. The van der Waals surface area contributed by atoms with E-state index in [2.05, 4.69) is 53.0 Å². The highest BCUT2D eigenvalue weighted by Gasteiger charge is 2.30. The first kappa shape index (κ1) is 14.5. The zero-order valence-corrected chi connectivity index (χ0v) is 13.6. The van der Waals surface area contributed by atoms with E-state index in [-0.39, 0.29) is 0 Å². The summed E-state index contributed by atoms with van der Waals surface area (Å²) in [6, 6.07) is 7.32. The maximum absolute atomic E-state index is 4.79. The highest BCUT2D eigenvalue weighted by atomic mass is 32.1. The van der Waals surface area contributed by atoms with Gasteiger partial charge in [0.2, 0.25) is 0 Å². The van der Waals surface area contributed by atoms with Gasteiger partial charge in [-0.15, -0.1) is 0 Å². The molecule has 21 heavy (non-hydrogen) atoms. The Bertz CT molecular complexity index is 576. The van der Waals surface area contributed by atoms with Gasteiger partial charge >= 0.3 is 0 Å². The van der Waals surface area contributed by atoms with Crippen LogP contribution in [0.2, 0.25) is 0 Å². The summed E-state index contributed by atoms with van der Waals surface area (Å²) in [6.07, 6.45) is 2.59. The third-order valence-corrected chi connectivity index (χ3v) is 4.53. The first-order chi connectivity index (χ1) is 10.3. The summed E-state index contributed by atoms with van der Waals surface area (Å²) < 4.78 is 0. The van der Waals surface area contributed by atoms with Crippen molar-refractivity contribution in [3.63, 3.8) is 0 Å². The van der Waals surface area contributed by atoms with Crippen molar-refractivity contribution in [3.05, 3.63) is 45.8 Å². The van der Waals surface area contributed by atoms with Crippen molar-refractivity contribution in [3.8, 4) is 0 Å². The number of hydrogen-bond acceptors (Lipinski definition) is 4. The third kappa shape index (κ3) is 3.83. The van der Waals surface area contributed by atoms with Crippen LogP contribution in [0.3, 0.4) is 0 Å². The summed E-state index contributed by atoms with van der Waals surface area (Å²) in [5.74, 6) is 1.14. The smallest absolute Gasteiger partial charge is 0.129 e. The highest BCUT2D eigenvalue weighted by molar-refractivity contribution is 7.07. The Morgan fingerprint density at radius 2 is 2.19 bits per heavy atom. The maximum atomic E-state index is 4.79. The fourth-order valence-electron chi connectivity index (χ4n) is 2.60. The lowest BCUT2D eigenvalue weighted by atomic mass is 10.2. The van der Waals surface area contributed by atoms with E-state index in [1.54, 1.807) is 11.3 Å². The molecule has 0 atom stereocenters. The number of nitrogens with zero attached hydrogens (tertiary/aromatic N) is 2.